The summed E-state index contributed by atoms with van der Waals surface area (Å²) < 4.78 is 39.2. The minimum absolute atomic E-state index is 0.128. The number of carbonyl (C=O) groups excluding carboxylic acids is 2. The molecule has 0 saturated heterocycles. The van der Waals surface area contributed by atoms with Gasteiger partial charge in [0.25, 0.3) is 0 Å². The SMILES string of the molecule is C=O.C=O.CCO[Si](C)(C)CCCn1c(=O)n(CCC[Si](C)(OCC)OCC)c(=O)n(CCC[Si](OCC)(OCC)OCC)c1=O. The van der Waals surface area contributed by atoms with Gasteiger partial charge in [0, 0.05) is 65.3 Å². The Morgan fingerprint density at radius 1 is 0.478 bits per heavy atom. The topological polar surface area (TPSA) is 156 Å². The van der Waals surface area contributed by atoms with Gasteiger partial charge in [0.15, 0.2) is 8.32 Å². The zero-order valence-corrected chi connectivity index (χ0v) is 32.9. The number of nitrogens with zero attached hydrogens (tertiary/aromatic N) is 3. The molecule has 1 heterocycles. The van der Waals surface area contributed by atoms with E-state index < -0.39 is 42.8 Å². The lowest BCUT2D eigenvalue weighted by Crippen LogP contribution is -2.55. The molecule has 0 radical (unpaired) electrons. The van der Waals surface area contributed by atoms with Crippen molar-refractivity contribution in [3.05, 3.63) is 31.5 Å². The molecule has 0 saturated carbocycles. The zero-order valence-electron chi connectivity index (χ0n) is 29.9. The van der Waals surface area contributed by atoms with Crippen LogP contribution in [0.5, 0.6) is 0 Å². The van der Waals surface area contributed by atoms with Crippen LogP contribution >= 0.6 is 0 Å². The standard InChI is InChI=1S/C27H57N3O9Si3.2CH2O/c1-10-34-40(7,8)22-16-19-28-25(31)29(20-17-23-41(9,35-11-2)36-12-3)27(33)30(26(28)32)21-18-24-42(37-13-4,38-14-5)39-15-6;2*1-2/h10-24H2,1-9H3;2*1H2. The number of rotatable bonds is 24. The summed E-state index contributed by atoms with van der Waals surface area (Å²) in [6.07, 6.45) is 1.57. The van der Waals surface area contributed by atoms with Crippen LogP contribution in [0.1, 0.15) is 60.8 Å². The molecule has 0 unspecified atom stereocenters. The first-order valence-corrected chi connectivity index (χ1v) is 23.8. The lowest BCUT2D eigenvalue weighted by atomic mass is 10.4. The van der Waals surface area contributed by atoms with E-state index in [1.54, 1.807) is 0 Å². The van der Waals surface area contributed by atoms with Gasteiger partial charge in [-0.15, -0.1) is 0 Å². The Morgan fingerprint density at radius 3 is 1.11 bits per heavy atom. The molecule has 0 aliphatic rings. The van der Waals surface area contributed by atoms with E-state index in [0.29, 0.717) is 71.0 Å². The van der Waals surface area contributed by atoms with Crippen molar-refractivity contribution in [2.24, 2.45) is 0 Å². The molecule has 0 amide bonds. The first kappa shape index (κ1) is 46.3. The first-order valence-electron chi connectivity index (χ1n) is 16.2. The summed E-state index contributed by atoms with van der Waals surface area (Å²) >= 11 is 0. The molecule has 0 aliphatic heterocycles. The molecule has 0 aromatic carbocycles. The smallest absolute Gasteiger partial charge is 0.418 e. The van der Waals surface area contributed by atoms with Crippen molar-refractivity contribution < 1.29 is 36.1 Å². The zero-order chi connectivity index (χ0) is 35.8. The van der Waals surface area contributed by atoms with Crippen molar-refractivity contribution in [2.45, 2.75) is 118 Å². The van der Waals surface area contributed by atoms with Crippen LogP contribution in [0.15, 0.2) is 14.4 Å². The fourth-order valence-electron chi connectivity index (χ4n) is 5.19. The summed E-state index contributed by atoms with van der Waals surface area (Å²) in [6, 6.07) is 1.87. The van der Waals surface area contributed by atoms with Crippen molar-refractivity contribution in [1.29, 1.82) is 0 Å². The van der Waals surface area contributed by atoms with Crippen LogP contribution in [0.25, 0.3) is 0 Å². The van der Waals surface area contributed by atoms with Crippen LogP contribution in [0.2, 0.25) is 37.8 Å². The maximum atomic E-state index is 13.6. The van der Waals surface area contributed by atoms with Gasteiger partial charge in [-0.2, -0.15) is 0 Å². The van der Waals surface area contributed by atoms with Gasteiger partial charge in [-0.25, -0.2) is 28.1 Å². The average molecular weight is 712 g/mol. The van der Waals surface area contributed by atoms with Crippen LogP contribution in [-0.4, -0.2) is 92.6 Å². The Balaban J connectivity index is 0. The van der Waals surface area contributed by atoms with Crippen molar-refractivity contribution in [2.75, 3.05) is 39.6 Å². The van der Waals surface area contributed by atoms with E-state index in [0.717, 1.165) is 6.04 Å². The predicted octanol–water partition coefficient (Wildman–Crippen LogP) is 3.41. The lowest BCUT2D eigenvalue weighted by molar-refractivity contribution is -0.0987. The first-order chi connectivity index (χ1) is 21.9. The Morgan fingerprint density at radius 2 is 0.783 bits per heavy atom. The van der Waals surface area contributed by atoms with Gasteiger partial charge in [0.1, 0.15) is 13.6 Å². The minimum Gasteiger partial charge on any atom is -0.418 e. The molecule has 1 rings (SSSR count). The van der Waals surface area contributed by atoms with Crippen molar-refractivity contribution in [3.63, 3.8) is 0 Å². The average Bonchev–Trinajstić information content (AvgIpc) is 3.01. The van der Waals surface area contributed by atoms with Crippen LogP contribution in [-0.2, 0) is 55.8 Å². The summed E-state index contributed by atoms with van der Waals surface area (Å²) in [6.45, 7) is 25.3. The second-order valence-corrected chi connectivity index (χ2v) is 21.2. The molecule has 0 N–H and O–H groups in total. The maximum Gasteiger partial charge on any atom is 0.500 e. The molecule has 270 valence electrons. The van der Waals surface area contributed by atoms with Gasteiger partial charge in [0.2, 0.25) is 0 Å². The normalized spacial score (nSPS) is 11.8. The van der Waals surface area contributed by atoms with Crippen LogP contribution in [0, 0.1) is 0 Å². The largest absolute Gasteiger partial charge is 0.500 e. The van der Waals surface area contributed by atoms with Crippen molar-refractivity contribution in [1.82, 2.24) is 13.7 Å². The number of hydrogen-bond acceptors (Lipinski definition) is 11. The summed E-state index contributed by atoms with van der Waals surface area (Å²) in [5, 5.41) is 0. The fourth-order valence-corrected chi connectivity index (χ4v) is 12.1. The molecule has 0 aliphatic carbocycles. The summed E-state index contributed by atoms with van der Waals surface area (Å²) in [5.41, 5.74) is -1.76. The highest BCUT2D eigenvalue weighted by Gasteiger charge is 2.40. The maximum absolute atomic E-state index is 13.6. The second-order valence-electron chi connectivity index (χ2n) is 10.8. The molecule has 0 bridgehead atoms. The van der Waals surface area contributed by atoms with Crippen LogP contribution in [0.4, 0.5) is 0 Å². The van der Waals surface area contributed by atoms with Gasteiger partial charge < -0.3 is 36.1 Å². The van der Waals surface area contributed by atoms with Crippen molar-refractivity contribution >= 4 is 39.3 Å². The third-order valence-electron chi connectivity index (χ3n) is 6.95. The summed E-state index contributed by atoms with van der Waals surface area (Å²) in [7, 11) is -7.29. The predicted molar refractivity (Wildman–Crippen MR) is 186 cm³/mol. The highest BCUT2D eigenvalue weighted by atomic mass is 28.4. The molecule has 0 fully saturated rings. The quantitative estimate of drug-likeness (QED) is 0.145. The lowest BCUT2D eigenvalue weighted by Gasteiger charge is -2.28. The molecule has 1 aromatic rings. The minimum atomic E-state index is -2.96. The molecule has 0 spiro atoms. The Labute approximate surface area is 278 Å². The highest BCUT2D eigenvalue weighted by molar-refractivity contribution is 6.71. The Bertz CT molecular complexity index is 1100. The molecule has 1 aromatic heterocycles. The third kappa shape index (κ3) is 15.8. The molecular formula is C29H61N3O11Si3. The third-order valence-corrected chi connectivity index (χ3v) is 15.8. The Hall–Kier alpha value is -1.84. The number of hydrogen-bond donors (Lipinski definition) is 0. The van der Waals surface area contributed by atoms with E-state index in [1.165, 1.54) is 13.7 Å². The Kier molecular flexibility index (Phi) is 25.4. The van der Waals surface area contributed by atoms with Gasteiger partial charge in [-0.05, 0) is 92.5 Å². The van der Waals surface area contributed by atoms with E-state index in [2.05, 4.69) is 13.1 Å². The number of carbonyl (C=O) groups is 2. The van der Waals surface area contributed by atoms with E-state index in [-0.39, 0.29) is 19.6 Å². The highest BCUT2D eigenvalue weighted by Crippen LogP contribution is 2.19. The van der Waals surface area contributed by atoms with E-state index in [1.807, 2.05) is 61.7 Å². The van der Waals surface area contributed by atoms with E-state index in [9.17, 15) is 14.4 Å². The molecular weight excluding hydrogens is 651 g/mol. The number of aromatic nitrogens is 3. The van der Waals surface area contributed by atoms with Crippen LogP contribution < -0.4 is 17.1 Å². The molecule has 17 heteroatoms. The van der Waals surface area contributed by atoms with Gasteiger partial charge in [-0.3, -0.25) is 0 Å². The molecule has 46 heavy (non-hydrogen) atoms. The second kappa shape index (κ2) is 25.2. The van der Waals surface area contributed by atoms with Gasteiger partial charge in [0.05, 0.1) is 0 Å². The van der Waals surface area contributed by atoms with Gasteiger partial charge in [-0.1, -0.05) is 0 Å². The molecule has 0 atom stereocenters. The van der Waals surface area contributed by atoms with Crippen molar-refractivity contribution in [3.8, 4) is 0 Å². The fraction of sp³-hybridized carbons (Fsp3) is 0.828. The summed E-state index contributed by atoms with van der Waals surface area (Å²) in [4.78, 5) is 56.7. The monoisotopic (exact) mass is 711 g/mol. The summed E-state index contributed by atoms with van der Waals surface area (Å²) in [5.74, 6) is 0. The van der Waals surface area contributed by atoms with Gasteiger partial charge >= 0.3 is 34.4 Å². The molecule has 14 nitrogen and oxygen atoms in total. The van der Waals surface area contributed by atoms with E-state index >= 15 is 0 Å². The van der Waals surface area contributed by atoms with Crippen LogP contribution in [0.3, 0.4) is 0 Å². The van der Waals surface area contributed by atoms with E-state index in [4.69, 9.17) is 36.1 Å².